The van der Waals surface area contributed by atoms with Crippen molar-refractivity contribution in [3.63, 3.8) is 0 Å². The highest BCUT2D eigenvalue weighted by molar-refractivity contribution is 5.98. The summed E-state index contributed by atoms with van der Waals surface area (Å²) in [4.78, 5) is 24.0. The Hall–Kier alpha value is -3.00. The summed E-state index contributed by atoms with van der Waals surface area (Å²) in [6.07, 6.45) is 0.372. The average Bonchev–Trinajstić information content (AvgIpc) is 2.66. The molecule has 1 amide bonds. The fraction of sp³-hybridized carbons (Fsp3) is 0.263. The van der Waals surface area contributed by atoms with E-state index in [0.717, 1.165) is 12.1 Å². The first-order valence-electron chi connectivity index (χ1n) is 8.26. The van der Waals surface area contributed by atoms with Gasteiger partial charge in [-0.25, -0.2) is 13.6 Å². The summed E-state index contributed by atoms with van der Waals surface area (Å²) in [6.45, 7) is 0.515. The van der Waals surface area contributed by atoms with Crippen molar-refractivity contribution in [3.8, 4) is 11.5 Å². The van der Waals surface area contributed by atoms with Crippen LogP contribution in [0.5, 0.6) is 11.5 Å². The summed E-state index contributed by atoms with van der Waals surface area (Å²) in [6, 6.07) is 9.02. The van der Waals surface area contributed by atoms with Crippen molar-refractivity contribution in [2.45, 2.75) is 18.4 Å². The number of amides is 1. The lowest BCUT2D eigenvalue weighted by molar-refractivity contribution is -0.148. The molecule has 1 aliphatic rings. The van der Waals surface area contributed by atoms with Gasteiger partial charge in [-0.3, -0.25) is 4.79 Å². The van der Waals surface area contributed by atoms with Crippen LogP contribution in [0.2, 0.25) is 0 Å². The number of aliphatic carboxylic acids is 1. The van der Waals surface area contributed by atoms with Crippen molar-refractivity contribution in [2.75, 3.05) is 13.2 Å². The number of nitrogens with one attached hydrogen (secondary N) is 1. The Morgan fingerprint density at radius 2 is 1.63 bits per heavy atom. The third-order valence-corrected chi connectivity index (χ3v) is 4.35. The Kier molecular flexibility index (Phi) is 5.36. The Morgan fingerprint density at radius 3 is 2.22 bits per heavy atom. The molecule has 0 aliphatic carbocycles. The Balaban J connectivity index is 1.69. The quantitative estimate of drug-likeness (QED) is 0.836. The zero-order valence-electron chi connectivity index (χ0n) is 14.2. The summed E-state index contributed by atoms with van der Waals surface area (Å²) >= 11 is 0. The van der Waals surface area contributed by atoms with Crippen molar-refractivity contribution in [2.24, 2.45) is 0 Å². The highest BCUT2D eigenvalue weighted by Crippen LogP contribution is 2.25. The lowest BCUT2D eigenvalue weighted by Crippen LogP contribution is -2.57. The van der Waals surface area contributed by atoms with Crippen LogP contribution in [-0.4, -0.2) is 35.7 Å². The molecular formula is C19H17F2NO5. The number of hydrogen-bond donors (Lipinski definition) is 2. The number of hydrogen-bond acceptors (Lipinski definition) is 4. The van der Waals surface area contributed by atoms with Gasteiger partial charge in [0.25, 0.3) is 5.91 Å². The second kappa shape index (κ2) is 7.71. The maximum atomic E-state index is 13.2. The third kappa shape index (κ3) is 4.22. The van der Waals surface area contributed by atoms with E-state index in [-0.39, 0.29) is 37.4 Å². The van der Waals surface area contributed by atoms with E-state index in [1.807, 2.05) is 0 Å². The van der Waals surface area contributed by atoms with Crippen molar-refractivity contribution in [1.82, 2.24) is 5.32 Å². The van der Waals surface area contributed by atoms with E-state index in [2.05, 4.69) is 5.32 Å². The summed E-state index contributed by atoms with van der Waals surface area (Å²) < 4.78 is 36.7. The number of halogens is 2. The number of carbonyl (C=O) groups is 2. The molecule has 1 saturated heterocycles. The molecule has 1 heterocycles. The summed E-state index contributed by atoms with van der Waals surface area (Å²) in [5, 5.41) is 12.1. The van der Waals surface area contributed by atoms with Crippen LogP contribution in [0, 0.1) is 11.6 Å². The van der Waals surface area contributed by atoms with Crippen LogP contribution in [0.1, 0.15) is 23.2 Å². The molecule has 2 N–H and O–H groups in total. The van der Waals surface area contributed by atoms with Gasteiger partial charge in [0.1, 0.15) is 17.0 Å². The van der Waals surface area contributed by atoms with E-state index in [0.29, 0.717) is 5.75 Å². The smallest absolute Gasteiger partial charge is 0.329 e. The van der Waals surface area contributed by atoms with Gasteiger partial charge < -0.3 is 19.9 Å². The van der Waals surface area contributed by atoms with E-state index in [9.17, 15) is 23.5 Å². The maximum absolute atomic E-state index is 13.2. The molecule has 0 radical (unpaired) electrons. The molecule has 27 heavy (non-hydrogen) atoms. The molecular weight excluding hydrogens is 360 g/mol. The van der Waals surface area contributed by atoms with E-state index in [1.54, 1.807) is 0 Å². The largest absolute Gasteiger partial charge is 0.480 e. The number of carbonyl (C=O) groups excluding carboxylic acids is 1. The van der Waals surface area contributed by atoms with Crippen molar-refractivity contribution >= 4 is 11.9 Å². The topological polar surface area (TPSA) is 84.9 Å². The zero-order chi connectivity index (χ0) is 19.4. The van der Waals surface area contributed by atoms with Gasteiger partial charge in [0, 0.05) is 37.7 Å². The molecule has 2 aromatic carbocycles. The van der Waals surface area contributed by atoms with Gasteiger partial charge in [-0.2, -0.15) is 0 Å². The number of carboxylic acid groups (broad SMARTS) is 1. The standard InChI is InChI=1S/C19H17F2NO5/c20-15-6-5-14(11-16(15)21)27-13-3-1-12(2-4-13)17(23)22-19(18(24)25)7-9-26-10-8-19/h1-6,11H,7-10H2,(H,22,23)(H,24,25). The molecule has 0 unspecified atom stereocenters. The van der Waals surface area contributed by atoms with Gasteiger partial charge >= 0.3 is 5.97 Å². The first kappa shape index (κ1) is 18.8. The van der Waals surface area contributed by atoms with Crippen LogP contribution >= 0.6 is 0 Å². The lowest BCUT2D eigenvalue weighted by atomic mass is 9.89. The van der Waals surface area contributed by atoms with Gasteiger partial charge in [-0.15, -0.1) is 0 Å². The van der Waals surface area contributed by atoms with Crippen LogP contribution in [0.4, 0.5) is 8.78 Å². The number of rotatable bonds is 5. The van der Waals surface area contributed by atoms with E-state index in [4.69, 9.17) is 9.47 Å². The van der Waals surface area contributed by atoms with Crippen LogP contribution in [0.3, 0.4) is 0 Å². The van der Waals surface area contributed by atoms with E-state index in [1.165, 1.54) is 30.3 Å². The third-order valence-electron chi connectivity index (χ3n) is 4.35. The number of benzene rings is 2. The molecule has 2 aromatic rings. The molecule has 0 spiro atoms. The van der Waals surface area contributed by atoms with Crippen LogP contribution in [-0.2, 0) is 9.53 Å². The minimum absolute atomic E-state index is 0.109. The Labute approximate surface area is 153 Å². The van der Waals surface area contributed by atoms with Crippen LogP contribution in [0.15, 0.2) is 42.5 Å². The van der Waals surface area contributed by atoms with Gasteiger partial charge in [0.2, 0.25) is 0 Å². The van der Waals surface area contributed by atoms with Gasteiger partial charge in [-0.05, 0) is 36.4 Å². The summed E-state index contributed by atoms with van der Waals surface area (Å²) in [5.41, 5.74) is -1.10. The Morgan fingerprint density at radius 1 is 1.00 bits per heavy atom. The van der Waals surface area contributed by atoms with Gasteiger partial charge in [-0.1, -0.05) is 0 Å². The number of carboxylic acids is 1. The SMILES string of the molecule is O=C(NC1(C(=O)O)CCOCC1)c1ccc(Oc2ccc(F)c(F)c2)cc1. The molecule has 3 rings (SSSR count). The molecule has 0 bridgehead atoms. The first-order chi connectivity index (χ1) is 12.9. The van der Waals surface area contributed by atoms with Crippen molar-refractivity contribution in [3.05, 3.63) is 59.7 Å². The molecule has 0 atom stereocenters. The first-order valence-corrected chi connectivity index (χ1v) is 8.26. The minimum Gasteiger partial charge on any atom is -0.480 e. The molecule has 1 aliphatic heterocycles. The highest BCUT2D eigenvalue weighted by atomic mass is 19.2. The zero-order valence-corrected chi connectivity index (χ0v) is 14.2. The predicted molar refractivity (Wildman–Crippen MR) is 90.8 cm³/mol. The maximum Gasteiger partial charge on any atom is 0.329 e. The van der Waals surface area contributed by atoms with Crippen molar-refractivity contribution in [1.29, 1.82) is 0 Å². The molecule has 142 valence electrons. The normalized spacial score (nSPS) is 15.8. The van der Waals surface area contributed by atoms with E-state index >= 15 is 0 Å². The van der Waals surface area contributed by atoms with Crippen LogP contribution in [0.25, 0.3) is 0 Å². The second-order valence-corrected chi connectivity index (χ2v) is 6.16. The molecule has 0 aromatic heterocycles. The van der Waals surface area contributed by atoms with Crippen molar-refractivity contribution < 1.29 is 33.0 Å². The van der Waals surface area contributed by atoms with Gasteiger partial charge in [0.15, 0.2) is 11.6 Å². The molecule has 1 fully saturated rings. The molecule has 6 nitrogen and oxygen atoms in total. The lowest BCUT2D eigenvalue weighted by Gasteiger charge is -2.33. The average molecular weight is 377 g/mol. The molecule has 8 heteroatoms. The summed E-state index contributed by atoms with van der Waals surface area (Å²) in [5.74, 6) is -3.21. The predicted octanol–water partition coefficient (Wildman–Crippen LogP) is 3.12. The van der Waals surface area contributed by atoms with E-state index < -0.39 is 29.0 Å². The van der Waals surface area contributed by atoms with Gasteiger partial charge in [0.05, 0.1) is 0 Å². The fourth-order valence-electron chi connectivity index (χ4n) is 2.75. The Bertz CT molecular complexity index is 848. The fourth-order valence-corrected chi connectivity index (χ4v) is 2.75. The second-order valence-electron chi connectivity index (χ2n) is 6.16. The summed E-state index contributed by atoms with van der Waals surface area (Å²) in [7, 11) is 0. The minimum atomic E-state index is -1.35. The monoisotopic (exact) mass is 377 g/mol. The molecule has 0 saturated carbocycles. The highest BCUT2D eigenvalue weighted by Gasteiger charge is 2.41. The van der Waals surface area contributed by atoms with Crippen LogP contribution < -0.4 is 10.1 Å². The number of ether oxygens (including phenoxy) is 2.